The summed E-state index contributed by atoms with van der Waals surface area (Å²) < 4.78 is 21.9. The number of methoxy groups -OCH3 is 1. The van der Waals surface area contributed by atoms with Crippen molar-refractivity contribution in [3.05, 3.63) is 95.7 Å². The van der Waals surface area contributed by atoms with Gasteiger partial charge in [0.2, 0.25) is 11.8 Å². The summed E-state index contributed by atoms with van der Waals surface area (Å²) in [6.45, 7) is 16.5. The molecule has 2 amide bonds. The van der Waals surface area contributed by atoms with Crippen LogP contribution in [0.1, 0.15) is 77.1 Å². The number of nitrogens with zero attached hydrogens (tertiary/aromatic N) is 4. The van der Waals surface area contributed by atoms with Gasteiger partial charge in [-0.1, -0.05) is 65.8 Å². The van der Waals surface area contributed by atoms with Gasteiger partial charge in [0, 0.05) is 51.9 Å². The third-order valence-electron chi connectivity index (χ3n) is 7.96. The Kier molecular flexibility index (Phi) is 18.7. The van der Waals surface area contributed by atoms with Crippen molar-refractivity contribution in [1.82, 2.24) is 19.9 Å². The first-order valence-corrected chi connectivity index (χ1v) is 18.4. The molecule has 1 atom stereocenters. The van der Waals surface area contributed by atoms with Crippen molar-refractivity contribution >= 4 is 44.7 Å². The minimum absolute atomic E-state index is 0.305. The van der Waals surface area contributed by atoms with Crippen molar-refractivity contribution in [3.63, 3.8) is 0 Å². The van der Waals surface area contributed by atoms with Crippen molar-refractivity contribution in [3.8, 4) is 10.7 Å². The van der Waals surface area contributed by atoms with Crippen molar-refractivity contribution in [1.29, 1.82) is 0 Å². The highest BCUT2D eigenvalue weighted by atomic mass is 32.1. The molecule has 0 fully saturated rings. The zero-order valence-corrected chi connectivity index (χ0v) is 32.7. The Hall–Kier alpha value is -4.45. The number of thiophene rings is 1. The maximum Gasteiger partial charge on any atom is 0.236 e. The number of halogens is 1. The Balaban J connectivity index is 0.000000325. The number of ether oxygens (including phenoxy) is 1. The van der Waals surface area contributed by atoms with Gasteiger partial charge in [-0.25, -0.2) is 9.37 Å². The molecule has 2 aromatic carbocycles. The van der Waals surface area contributed by atoms with Crippen LogP contribution in [0.25, 0.3) is 20.9 Å². The minimum atomic E-state index is -0.476. The minimum Gasteiger partial charge on any atom is -0.383 e. The van der Waals surface area contributed by atoms with Crippen molar-refractivity contribution in [2.45, 2.75) is 73.8 Å². The molecule has 0 saturated heterocycles. The summed E-state index contributed by atoms with van der Waals surface area (Å²) in [5, 5.41) is 5.89. The van der Waals surface area contributed by atoms with Crippen LogP contribution < -0.4 is 15.5 Å². The molecule has 3 heterocycles. The third-order valence-corrected chi connectivity index (χ3v) is 9.13. The zero-order valence-electron chi connectivity index (χ0n) is 31.8. The van der Waals surface area contributed by atoms with Crippen molar-refractivity contribution in [2.24, 2.45) is 7.05 Å². The molecule has 3 aromatic heterocycles. The first-order chi connectivity index (χ1) is 24.6. The van der Waals surface area contributed by atoms with E-state index in [1.54, 1.807) is 56.7 Å². The number of fused-ring (bicyclic) bond motifs is 1. The summed E-state index contributed by atoms with van der Waals surface area (Å²) in [6, 6.07) is 17.8. The molecule has 0 bridgehead atoms. The monoisotopic (exact) mass is 718 g/mol. The highest BCUT2D eigenvalue weighted by Crippen LogP contribution is 2.37. The van der Waals surface area contributed by atoms with Crippen molar-refractivity contribution in [2.75, 3.05) is 37.5 Å². The molecule has 2 N–H and O–H groups in total. The number of benzene rings is 2. The lowest BCUT2D eigenvalue weighted by Crippen LogP contribution is -2.30. The van der Waals surface area contributed by atoms with E-state index < -0.39 is 11.7 Å². The average Bonchev–Trinajstić information content (AvgIpc) is 3.76. The van der Waals surface area contributed by atoms with Gasteiger partial charge in [0.25, 0.3) is 0 Å². The average molecular weight is 719 g/mol. The lowest BCUT2D eigenvalue weighted by atomic mass is 9.99. The third kappa shape index (κ3) is 12.4. The molecule has 0 aliphatic rings. The first kappa shape index (κ1) is 42.7. The Morgan fingerprint density at radius 3 is 2.39 bits per heavy atom. The number of amides is 2. The molecular weight excluding hydrogens is 664 g/mol. The highest BCUT2D eigenvalue weighted by molar-refractivity contribution is 7.22. The van der Waals surface area contributed by atoms with Crippen LogP contribution in [-0.4, -0.2) is 53.7 Å². The molecule has 5 rings (SSSR count). The van der Waals surface area contributed by atoms with Crippen LogP contribution in [-0.2, 0) is 27.9 Å². The molecule has 276 valence electrons. The fourth-order valence-electron chi connectivity index (χ4n) is 4.83. The van der Waals surface area contributed by atoms with Gasteiger partial charge in [0.05, 0.1) is 33.6 Å². The normalized spacial score (nSPS) is 10.9. The maximum absolute atomic E-state index is 13.4. The zero-order chi connectivity index (χ0) is 37.9. The highest BCUT2D eigenvalue weighted by Gasteiger charge is 2.17. The van der Waals surface area contributed by atoms with Gasteiger partial charge in [-0.05, 0) is 66.8 Å². The fourth-order valence-corrected chi connectivity index (χ4v) is 6.11. The molecule has 0 spiro atoms. The van der Waals surface area contributed by atoms with E-state index in [4.69, 9.17) is 4.74 Å². The van der Waals surface area contributed by atoms with Gasteiger partial charge in [0.15, 0.2) is 0 Å². The number of carbonyl (C=O) groups excluding carboxylic acids is 2. The summed E-state index contributed by atoms with van der Waals surface area (Å²) in [7, 11) is 5.40. The largest absolute Gasteiger partial charge is 0.383 e. The predicted octanol–water partition coefficient (Wildman–Crippen LogP) is 9.12. The van der Waals surface area contributed by atoms with E-state index in [9.17, 15) is 14.0 Å². The number of anilines is 2. The second kappa shape index (κ2) is 22.4. The molecule has 0 radical (unpaired) electrons. The Bertz CT molecular complexity index is 1790. The van der Waals surface area contributed by atoms with E-state index in [-0.39, 0.29) is 12.3 Å². The quantitative estimate of drug-likeness (QED) is 0.0986. The summed E-state index contributed by atoms with van der Waals surface area (Å²) >= 11 is 1.79. The number of aromatic nitrogens is 3. The predicted molar refractivity (Wildman–Crippen MR) is 211 cm³/mol. The lowest BCUT2D eigenvalue weighted by Gasteiger charge is -2.17. The number of hydrogen-bond acceptors (Lipinski definition) is 7. The van der Waals surface area contributed by atoms with Crippen LogP contribution in [0.2, 0.25) is 0 Å². The standard InChI is InChI=1S/C19H26N4OS.C17H17FN2O2.2C2H6/c1-5-13(2)15-6-7-21-16-10-17(25-18(15)16)19-22-12-14(23(19)3)11-20-8-9-24-4;1-12-8-9-13(10-15(12)18)19-16(21)11-17(22)20(2)14-6-4-3-5-7-14;2*1-2/h6-7,10,12-13,20H,5,8-9,11H2,1-4H3;3-10H,11H2,1-2H3,(H,19,21);2*1-2H3. The van der Waals surface area contributed by atoms with E-state index in [0.717, 1.165) is 30.9 Å². The molecule has 0 aliphatic carbocycles. The summed E-state index contributed by atoms with van der Waals surface area (Å²) in [5.74, 6) is 0.332. The molecular formula is C40H55FN6O3S. The van der Waals surface area contributed by atoms with Crippen LogP contribution in [0.3, 0.4) is 0 Å². The second-order valence-corrected chi connectivity index (χ2v) is 12.4. The van der Waals surface area contributed by atoms with E-state index in [2.05, 4.69) is 58.2 Å². The van der Waals surface area contributed by atoms with E-state index in [1.165, 1.54) is 31.8 Å². The summed E-state index contributed by atoms with van der Waals surface area (Å²) in [5.41, 5.74) is 5.17. The summed E-state index contributed by atoms with van der Waals surface area (Å²) in [4.78, 5) is 35.7. The van der Waals surface area contributed by atoms with E-state index in [0.29, 0.717) is 29.5 Å². The van der Waals surface area contributed by atoms with Gasteiger partial charge >= 0.3 is 0 Å². The number of aryl methyl sites for hydroxylation is 1. The number of carbonyl (C=O) groups is 2. The van der Waals surface area contributed by atoms with Crippen LogP contribution in [0.4, 0.5) is 15.8 Å². The molecule has 9 nitrogen and oxygen atoms in total. The Labute approximate surface area is 307 Å². The number of pyridine rings is 1. The van der Waals surface area contributed by atoms with Crippen LogP contribution in [0, 0.1) is 12.7 Å². The van der Waals surface area contributed by atoms with E-state index >= 15 is 0 Å². The van der Waals surface area contributed by atoms with Gasteiger partial charge < -0.3 is 24.8 Å². The molecule has 0 aliphatic heterocycles. The molecule has 5 aromatic rings. The van der Waals surface area contributed by atoms with Crippen molar-refractivity contribution < 1.29 is 18.7 Å². The second-order valence-electron chi connectivity index (χ2n) is 11.3. The molecule has 1 unspecified atom stereocenters. The number of imidazole rings is 1. The lowest BCUT2D eigenvalue weighted by molar-refractivity contribution is -0.125. The SMILES string of the molecule is CC.CC.CCC(C)c1ccnc2cc(-c3ncc(CNCCOC)n3C)sc12.Cc1ccc(NC(=O)CC(=O)N(C)c2ccccc2)cc1F. The van der Waals surface area contributed by atoms with Gasteiger partial charge in [-0.15, -0.1) is 11.3 Å². The van der Waals surface area contributed by atoms with E-state index in [1.807, 2.05) is 58.3 Å². The Morgan fingerprint density at radius 2 is 1.75 bits per heavy atom. The number of hydrogen-bond donors (Lipinski definition) is 2. The maximum atomic E-state index is 13.4. The van der Waals surface area contributed by atoms with Crippen LogP contribution >= 0.6 is 11.3 Å². The van der Waals surface area contributed by atoms with Gasteiger partial charge in [-0.2, -0.15) is 0 Å². The molecule has 51 heavy (non-hydrogen) atoms. The Morgan fingerprint density at radius 1 is 1.04 bits per heavy atom. The number of nitrogens with one attached hydrogen (secondary N) is 2. The fraction of sp³-hybridized carbons (Fsp3) is 0.400. The van der Waals surface area contributed by atoms with Crippen LogP contribution in [0.15, 0.2) is 73.1 Å². The smallest absolute Gasteiger partial charge is 0.236 e. The van der Waals surface area contributed by atoms with Crippen LogP contribution in [0.5, 0.6) is 0 Å². The topological polar surface area (TPSA) is 101 Å². The molecule has 0 saturated carbocycles. The first-order valence-electron chi connectivity index (χ1n) is 17.6. The number of rotatable bonds is 12. The number of para-hydroxylation sites is 1. The molecule has 11 heteroatoms. The van der Waals surface area contributed by atoms with Gasteiger partial charge in [0.1, 0.15) is 18.1 Å². The van der Waals surface area contributed by atoms with Gasteiger partial charge in [-0.3, -0.25) is 14.6 Å². The summed E-state index contributed by atoms with van der Waals surface area (Å²) in [6.07, 6.45) is 4.69.